The van der Waals surface area contributed by atoms with Gasteiger partial charge in [-0.3, -0.25) is 0 Å². The molecule has 0 saturated heterocycles. The Morgan fingerprint density at radius 3 is 1.97 bits per heavy atom. The van der Waals surface area contributed by atoms with Gasteiger partial charge in [0.25, 0.3) is 0 Å². The molecule has 0 unspecified atom stereocenters. The Balaban J connectivity index is 2.07. The Bertz CT molecular complexity index is 1620. The number of sulfonamides is 1. The van der Waals surface area contributed by atoms with Gasteiger partial charge in [0.1, 0.15) is 5.75 Å². The topological polar surface area (TPSA) is 137 Å². The zero-order chi connectivity index (χ0) is 28.5. The highest BCUT2D eigenvalue weighted by Crippen LogP contribution is 2.34. The average molecular weight is 593 g/mol. The molecule has 2 aromatic carbocycles. The molecule has 0 spiro atoms. The highest BCUT2D eigenvalue weighted by Gasteiger charge is 2.46. The number of ether oxygens (including phenoxy) is 1. The molecule has 0 radical (unpaired) electrons. The largest absolute Gasteiger partial charge is 0.511 e. The van der Waals surface area contributed by atoms with Crippen LogP contribution >= 0.6 is 0 Å². The fourth-order valence-electron chi connectivity index (χ4n) is 3.31. The van der Waals surface area contributed by atoms with Gasteiger partial charge in [-0.25, -0.2) is 35.0 Å². The number of sulfone groups is 2. The van der Waals surface area contributed by atoms with E-state index >= 15 is 0 Å². The molecule has 38 heavy (non-hydrogen) atoms. The molecule has 0 aliphatic rings. The van der Waals surface area contributed by atoms with Crippen LogP contribution in [0.15, 0.2) is 86.6 Å². The van der Waals surface area contributed by atoms with Crippen molar-refractivity contribution in [2.24, 2.45) is 0 Å². The van der Waals surface area contributed by atoms with Gasteiger partial charge in [0, 0.05) is 18.3 Å². The first-order chi connectivity index (χ1) is 17.5. The zero-order valence-electron chi connectivity index (χ0n) is 20.2. The second kappa shape index (κ2) is 10.6. The lowest BCUT2D eigenvalue weighted by molar-refractivity contribution is -0.0450. The third kappa shape index (κ3) is 6.17. The summed E-state index contributed by atoms with van der Waals surface area (Å²) in [5.74, 6) is 0.106. The first kappa shape index (κ1) is 29.5. The first-order valence-corrected chi connectivity index (χ1v) is 15.3. The van der Waals surface area contributed by atoms with E-state index in [1.807, 2.05) is 0 Å². The molecule has 3 rings (SSSR count). The van der Waals surface area contributed by atoms with Crippen molar-refractivity contribution in [3.63, 3.8) is 0 Å². The van der Waals surface area contributed by atoms with E-state index in [4.69, 9.17) is 4.74 Å². The first-order valence-electron chi connectivity index (χ1n) is 10.9. The molecule has 0 bridgehead atoms. The predicted molar refractivity (Wildman–Crippen MR) is 130 cm³/mol. The van der Waals surface area contributed by atoms with Crippen molar-refractivity contribution < 1.29 is 43.2 Å². The molecular weight excluding hydrogens is 569 g/mol. The number of nitrogens with one attached hydrogen (secondary N) is 1. The number of hydrogen-bond donors (Lipinski definition) is 1. The summed E-state index contributed by atoms with van der Waals surface area (Å²) >= 11 is 0. The fraction of sp³-hybridized carbons (Fsp3) is 0.261. The smallest absolute Gasteiger partial charge is 0.491 e. The molecule has 0 aliphatic carbocycles. The van der Waals surface area contributed by atoms with E-state index in [2.05, 4.69) is 4.98 Å². The fourth-order valence-corrected chi connectivity index (χ4v) is 7.31. The summed E-state index contributed by atoms with van der Waals surface area (Å²) < 4.78 is 122. The minimum atomic E-state index is -5.64. The van der Waals surface area contributed by atoms with Gasteiger partial charge in [0.15, 0.2) is 5.03 Å². The minimum absolute atomic E-state index is 0.0405. The van der Waals surface area contributed by atoms with Crippen LogP contribution in [0, 0.1) is 0 Å². The predicted octanol–water partition coefficient (Wildman–Crippen LogP) is 4.03. The molecule has 0 aliphatic heterocycles. The van der Waals surface area contributed by atoms with E-state index in [0.29, 0.717) is 0 Å². The second-order valence-corrected chi connectivity index (χ2v) is 13.8. The van der Waals surface area contributed by atoms with Crippen LogP contribution < -0.4 is 9.46 Å². The average Bonchev–Trinajstić information content (AvgIpc) is 2.83. The van der Waals surface area contributed by atoms with Gasteiger partial charge in [0.05, 0.1) is 20.8 Å². The second-order valence-electron chi connectivity index (χ2n) is 8.31. The van der Waals surface area contributed by atoms with Crippen LogP contribution in [0.2, 0.25) is 0 Å². The normalized spacial score (nSPS) is 13.9. The number of pyridine rings is 1. The maximum atomic E-state index is 13.5. The lowest BCUT2D eigenvalue weighted by Gasteiger charge is -2.17. The van der Waals surface area contributed by atoms with Gasteiger partial charge in [-0.1, -0.05) is 18.2 Å². The maximum absolute atomic E-state index is 13.5. The number of halogens is 3. The SMILES string of the molecule is CC(C)Oc1ccc(S(=O)(=O)c2ccc([C@H](C)NS(=O)(=O)C(F)(F)F)cc2)c(S(=O)(=O)c2ccccn2)c1. The van der Waals surface area contributed by atoms with Crippen LogP contribution in [-0.4, -0.2) is 41.8 Å². The van der Waals surface area contributed by atoms with Gasteiger partial charge in [-0.15, -0.1) is 0 Å². The van der Waals surface area contributed by atoms with Crippen LogP contribution in [0.1, 0.15) is 32.4 Å². The summed E-state index contributed by atoms with van der Waals surface area (Å²) in [6.45, 7) is 4.56. The van der Waals surface area contributed by atoms with Crippen LogP contribution in [0.25, 0.3) is 0 Å². The Morgan fingerprint density at radius 2 is 1.45 bits per heavy atom. The number of benzene rings is 2. The molecule has 0 amide bonds. The molecule has 1 heterocycles. The molecule has 3 aromatic rings. The van der Waals surface area contributed by atoms with Crippen LogP contribution in [0.5, 0.6) is 5.75 Å². The van der Waals surface area contributed by atoms with E-state index in [9.17, 15) is 38.4 Å². The molecule has 1 N–H and O–H groups in total. The summed E-state index contributed by atoms with van der Waals surface area (Å²) in [4.78, 5) is 2.31. The number of alkyl halides is 3. The van der Waals surface area contributed by atoms with Crippen molar-refractivity contribution in [1.82, 2.24) is 9.71 Å². The summed E-state index contributed by atoms with van der Waals surface area (Å²) in [6, 6.07) is 10.6. The van der Waals surface area contributed by atoms with E-state index in [1.165, 1.54) is 35.2 Å². The van der Waals surface area contributed by atoms with Crippen LogP contribution in [-0.2, 0) is 29.7 Å². The molecule has 9 nitrogen and oxygen atoms in total. The maximum Gasteiger partial charge on any atom is 0.511 e. The molecular formula is C23H23F3N2O7S3. The molecule has 0 saturated carbocycles. The Morgan fingerprint density at radius 1 is 0.816 bits per heavy atom. The van der Waals surface area contributed by atoms with Gasteiger partial charge < -0.3 is 4.74 Å². The van der Waals surface area contributed by atoms with Gasteiger partial charge in [0.2, 0.25) is 19.7 Å². The van der Waals surface area contributed by atoms with Crippen molar-refractivity contribution in [3.05, 3.63) is 72.4 Å². The van der Waals surface area contributed by atoms with Gasteiger partial charge in [-0.05, 0) is 62.7 Å². The number of aromatic nitrogens is 1. The van der Waals surface area contributed by atoms with E-state index < -0.39 is 51.0 Å². The van der Waals surface area contributed by atoms with Crippen LogP contribution in [0.3, 0.4) is 0 Å². The van der Waals surface area contributed by atoms with Gasteiger partial charge >= 0.3 is 15.5 Å². The van der Waals surface area contributed by atoms with Crippen LogP contribution in [0.4, 0.5) is 13.2 Å². The highest BCUT2D eigenvalue weighted by atomic mass is 32.2. The summed E-state index contributed by atoms with van der Waals surface area (Å²) in [5.41, 5.74) is -5.48. The van der Waals surface area contributed by atoms with Crippen molar-refractivity contribution in [2.75, 3.05) is 0 Å². The molecule has 0 fully saturated rings. The van der Waals surface area contributed by atoms with Crippen molar-refractivity contribution >= 4 is 29.7 Å². The lowest BCUT2D eigenvalue weighted by atomic mass is 10.1. The van der Waals surface area contributed by atoms with Crippen molar-refractivity contribution in [1.29, 1.82) is 0 Å². The highest BCUT2D eigenvalue weighted by molar-refractivity contribution is 7.94. The molecule has 15 heteroatoms. The third-order valence-corrected chi connectivity index (χ3v) is 10.0. The molecule has 206 valence electrons. The number of nitrogens with zero attached hydrogens (tertiary/aromatic N) is 1. The summed E-state index contributed by atoms with van der Waals surface area (Å²) in [7, 11) is -14.6. The van der Waals surface area contributed by atoms with E-state index in [-0.39, 0.29) is 27.3 Å². The van der Waals surface area contributed by atoms with E-state index in [0.717, 1.165) is 43.3 Å². The minimum Gasteiger partial charge on any atom is -0.491 e. The molecule has 1 atom stereocenters. The monoisotopic (exact) mass is 592 g/mol. The lowest BCUT2D eigenvalue weighted by Crippen LogP contribution is -2.37. The summed E-state index contributed by atoms with van der Waals surface area (Å²) in [5, 5.41) is -0.390. The Kier molecular flexibility index (Phi) is 8.27. The summed E-state index contributed by atoms with van der Waals surface area (Å²) in [6.07, 6.45) is 0.898. The zero-order valence-corrected chi connectivity index (χ0v) is 22.6. The van der Waals surface area contributed by atoms with Gasteiger partial charge in [-0.2, -0.15) is 13.2 Å². The number of rotatable bonds is 9. The standard InChI is InChI=1S/C23H23F3N2O7S3/c1-15(2)35-18-9-12-20(21(14-18)37(31,32)22-6-4-5-13-27-22)36(29,30)19-10-7-17(8-11-19)16(3)28-38(33,34)23(24,25)26/h4-16,28H,1-3H3/t16-/m0/s1. The Hall–Kier alpha value is -3.01. The Labute approximate surface area is 218 Å². The van der Waals surface area contributed by atoms with Crippen molar-refractivity contribution in [3.8, 4) is 5.75 Å². The van der Waals surface area contributed by atoms with Crippen molar-refractivity contribution in [2.45, 2.75) is 58.1 Å². The third-order valence-electron chi connectivity index (χ3n) is 5.11. The molecule has 1 aromatic heterocycles. The number of hydrogen-bond acceptors (Lipinski definition) is 8. The van der Waals surface area contributed by atoms with E-state index in [1.54, 1.807) is 13.8 Å². The quantitative estimate of drug-likeness (QED) is 0.393.